The van der Waals surface area contributed by atoms with E-state index in [1.165, 1.54) is 11.8 Å². The van der Waals surface area contributed by atoms with Gasteiger partial charge in [0.1, 0.15) is 12.3 Å². The van der Waals surface area contributed by atoms with Crippen LogP contribution in [0.4, 0.5) is 5.69 Å². The molecule has 27 heavy (non-hydrogen) atoms. The highest BCUT2D eigenvalue weighted by Gasteiger charge is 2.34. The summed E-state index contributed by atoms with van der Waals surface area (Å²) >= 11 is 1.52. The highest BCUT2D eigenvalue weighted by molar-refractivity contribution is 8.00. The molecule has 2 amide bonds. The molecule has 1 saturated carbocycles. The zero-order chi connectivity index (χ0) is 18.8. The number of carbonyl (C=O) groups is 2. The molecule has 0 radical (unpaired) electrons. The first-order valence-corrected chi connectivity index (χ1v) is 10.1. The van der Waals surface area contributed by atoms with Crippen molar-refractivity contribution >= 4 is 29.3 Å². The molecule has 0 bridgehead atoms. The number of nitrogens with zero attached hydrogens (tertiary/aromatic N) is 1. The number of fused-ring (bicyclic) bond motifs is 1. The van der Waals surface area contributed by atoms with Crippen LogP contribution in [0.15, 0.2) is 53.4 Å². The smallest absolute Gasteiger partial charge is 0.240 e. The second kappa shape index (κ2) is 7.64. The van der Waals surface area contributed by atoms with Crippen LogP contribution < -0.4 is 15.0 Å². The molecule has 2 aromatic rings. The first kappa shape index (κ1) is 17.9. The number of para-hydroxylation sites is 1. The standard InChI is InChI=1S/C21H22N2O3S/c1-26-16-10-8-15(9-11-16)21(14-6-7-14)22-19(24)12-23-17-4-2-3-5-18(17)27-13-20(23)25/h2-5,8-11,14,21H,6-7,12-13H2,1H3,(H,22,24). The number of benzene rings is 2. The number of anilines is 1. The number of thioether (sulfide) groups is 1. The Morgan fingerprint density at radius 1 is 1.22 bits per heavy atom. The number of nitrogens with one attached hydrogen (secondary N) is 1. The number of carbonyl (C=O) groups excluding carboxylic acids is 2. The quantitative estimate of drug-likeness (QED) is 0.832. The average molecular weight is 382 g/mol. The number of ether oxygens (including phenoxy) is 1. The maximum atomic E-state index is 12.8. The number of amides is 2. The Hall–Kier alpha value is -2.47. The molecule has 140 valence electrons. The van der Waals surface area contributed by atoms with Crippen molar-refractivity contribution < 1.29 is 14.3 Å². The molecule has 1 heterocycles. The minimum Gasteiger partial charge on any atom is -0.497 e. The van der Waals surface area contributed by atoms with Gasteiger partial charge in [-0.1, -0.05) is 24.3 Å². The van der Waals surface area contributed by atoms with Crippen LogP contribution in [0.5, 0.6) is 5.75 Å². The van der Waals surface area contributed by atoms with Crippen LogP contribution in [0, 0.1) is 5.92 Å². The van der Waals surface area contributed by atoms with Gasteiger partial charge in [0.2, 0.25) is 11.8 Å². The minimum absolute atomic E-state index is 0.0204. The third kappa shape index (κ3) is 3.95. The van der Waals surface area contributed by atoms with Gasteiger partial charge >= 0.3 is 0 Å². The first-order valence-electron chi connectivity index (χ1n) is 9.11. The van der Waals surface area contributed by atoms with Gasteiger partial charge in [-0.3, -0.25) is 9.59 Å². The lowest BCUT2D eigenvalue weighted by Gasteiger charge is -2.29. The lowest BCUT2D eigenvalue weighted by molar-refractivity contribution is -0.123. The Balaban J connectivity index is 1.48. The van der Waals surface area contributed by atoms with Gasteiger partial charge in [0.15, 0.2) is 0 Å². The number of hydrogen-bond acceptors (Lipinski definition) is 4. The monoisotopic (exact) mass is 382 g/mol. The summed E-state index contributed by atoms with van der Waals surface area (Å²) in [7, 11) is 1.64. The van der Waals surface area contributed by atoms with Crippen molar-refractivity contribution in [3.05, 3.63) is 54.1 Å². The van der Waals surface area contributed by atoms with Crippen molar-refractivity contribution in [1.29, 1.82) is 0 Å². The summed E-state index contributed by atoms with van der Waals surface area (Å²) in [6.45, 7) is 0.0514. The molecule has 4 rings (SSSR count). The van der Waals surface area contributed by atoms with Gasteiger partial charge in [0, 0.05) is 4.90 Å². The van der Waals surface area contributed by atoms with Crippen molar-refractivity contribution in [2.75, 3.05) is 24.3 Å². The number of hydrogen-bond donors (Lipinski definition) is 1. The second-order valence-electron chi connectivity index (χ2n) is 6.89. The summed E-state index contributed by atoms with van der Waals surface area (Å²) in [5, 5.41) is 3.15. The third-order valence-electron chi connectivity index (χ3n) is 4.99. The first-order chi connectivity index (χ1) is 13.2. The van der Waals surface area contributed by atoms with E-state index >= 15 is 0 Å². The molecular weight excluding hydrogens is 360 g/mol. The van der Waals surface area contributed by atoms with Crippen LogP contribution in [0.3, 0.4) is 0 Å². The topological polar surface area (TPSA) is 58.6 Å². The van der Waals surface area contributed by atoms with Gasteiger partial charge in [0.25, 0.3) is 0 Å². The molecule has 2 aliphatic rings. The van der Waals surface area contributed by atoms with Gasteiger partial charge in [-0.15, -0.1) is 11.8 Å². The van der Waals surface area contributed by atoms with Crippen molar-refractivity contribution in [2.24, 2.45) is 5.92 Å². The van der Waals surface area contributed by atoms with Crippen LogP contribution >= 0.6 is 11.8 Å². The second-order valence-corrected chi connectivity index (χ2v) is 7.91. The molecule has 1 fully saturated rings. The lowest BCUT2D eigenvalue weighted by atomic mass is 10.0. The SMILES string of the molecule is COc1ccc(C(NC(=O)CN2C(=O)CSc3ccccc32)C2CC2)cc1. The summed E-state index contributed by atoms with van der Waals surface area (Å²) in [5.74, 6) is 1.48. The van der Waals surface area contributed by atoms with Crippen LogP contribution in [0.25, 0.3) is 0 Å². The van der Waals surface area contributed by atoms with Gasteiger partial charge in [-0.25, -0.2) is 0 Å². The van der Waals surface area contributed by atoms with Crippen LogP contribution in [-0.2, 0) is 9.59 Å². The Morgan fingerprint density at radius 3 is 2.67 bits per heavy atom. The Labute approximate surface area is 163 Å². The fourth-order valence-corrected chi connectivity index (χ4v) is 4.34. The molecule has 0 spiro atoms. The Kier molecular flexibility index (Phi) is 5.07. The molecular formula is C21H22N2O3S. The maximum Gasteiger partial charge on any atom is 0.240 e. The summed E-state index contributed by atoms with van der Waals surface area (Å²) in [5.41, 5.74) is 1.90. The highest BCUT2D eigenvalue weighted by atomic mass is 32.2. The minimum atomic E-state index is -0.127. The summed E-state index contributed by atoms with van der Waals surface area (Å²) in [4.78, 5) is 27.8. The Bertz CT molecular complexity index is 849. The highest BCUT2D eigenvalue weighted by Crippen LogP contribution is 2.41. The van der Waals surface area contributed by atoms with Crippen molar-refractivity contribution in [2.45, 2.75) is 23.8 Å². The van der Waals surface area contributed by atoms with E-state index < -0.39 is 0 Å². The summed E-state index contributed by atoms with van der Waals surface area (Å²) in [6, 6.07) is 15.5. The van der Waals surface area contributed by atoms with E-state index in [1.807, 2.05) is 48.5 Å². The maximum absolute atomic E-state index is 12.8. The summed E-state index contributed by atoms with van der Waals surface area (Å²) in [6.07, 6.45) is 2.22. The van der Waals surface area contributed by atoms with E-state index in [0.717, 1.165) is 34.7 Å². The predicted octanol–water partition coefficient (Wildman–Crippen LogP) is 3.40. The molecule has 1 unspecified atom stereocenters. The third-order valence-corrected chi connectivity index (χ3v) is 6.04. The number of rotatable bonds is 6. The predicted molar refractivity (Wildman–Crippen MR) is 106 cm³/mol. The van der Waals surface area contributed by atoms with Crippen LogP contribution in [-0.4, -0.2) is 31.2 Å². The largest absolute Gasteiger partial charge is 0.497 e. The normalized spacial score (nSPS) is 17.2. The van der Waals surface area contributed by atoms with E-state index in [-0.39, 0.29) is 24.4 Å². The van der Waals surface area contributed by atoms with E-state index in [0.29, 0.717) is 11.7 Å². The number of methoxy groups -OCH3 is 1. The van der Waals surface area contributed by atoms with Gasteiger partial charge < -0.3 is 15.0 Å². The molecule has 0 aromatic heterocycles. The van der Waals surface area contributed by atoms with E-state index in [1.54, 1.807) is 12.0 Å². The zero-order valence-corrected chi connectivity index (χ0v) is 16.0. The van der Waals surface area contributed by atoms with Gasteiger partial charge in [-0.2, -0.15) is 0 Å². The molecule has 1 atom stereocenters. The molecule has 2 aromatic carbocycles. The molecule has 1 aliphatic heterocycles. The van der Waals surface area contributed by atoms with Crippen LogP contribution in [0.1, 0.15) is 24.4 Å². The fraction of sp³-hybridized carbons (Fsp3) is 0.333. The van der Waals surface area contributed by atoms with E-state index in [4.69, 9.17) is 4.74 Å². The van der Waals surface area contributed by atoms with Gasteiger partial charge in [-0.05, 0) is 48.6 Å². The zero-order valence-electron chi connectivity index (χ0n) is 15.2. The molecule has 5 nitrogen and oxygen atoms in total. The molecule has 0 saturated heterocycles. The van der Waals surface area contributed by atoms with Crippen molar-refractivity contribution in [3.63, 3.8) is 0 Å². The fourth-order valence-electron chi connectivity index (χ4n) is 3.40. The van der Waals surface area contributed by atoms with Crippen molar-refractivity contribution in [3.8, 4) is 5.75 Å². The van der Waals surface area contributed by atoms with Crippen LogP contribution in [0.2, 0.25) is 0 Å². The van der Waals surface area contributed by atoms with Crippen molar-refractivity contribution in [1.82, 2.24) is 5.32 Å². The van der Waals surface area contributed by atoms with Gasteiger partial charge in [0.05, 0.1) is 24.6 Å². The van der Waals surface area contributed by atoms with E-state index in [9.17, 15) is 9.59 Å². The Morgan fingerprint density at radius 2 is 1.96 bits per heavy atom. The summed E-state index contributed by atoms with van der Waals surface area (Å²) < 4.78 is 5.22. The van der Waals surface area contributed by atoms with E-state index in [2.05, 4.69) is 5.32 Å². The molecule has 6 heteroatoms. The lowest BCUT2D eigenvalue weighted by Crippen LogP contribution is -2.44. The molecule has 1 aliphatic carbocycles. The molecule has 1 N–H and O–H groups in total. The average Bonchev–Trinajstić information content (AvgIpc) is 3.54.